The molecule has 18 heavy (non-hydrogen) atoms. The van der Waals surface area contributed by atoms with Gasteiger partial charge >= 0.3 is 5.97 Å². The Bertz CT molecular complexity index is 219. The largest absolute Gasteiger partial charge is 0.480 e. The fourth-order valence-electron chi connectivity index (χ4n) is 2.16. The van der Waals surface area contributed by atoms with E-state index >= 15 is 0 Å². The minimum Gasteiger partial charge on any atom is -0.480 e. The number of unbranched alkanes of at least 4 members (excludes halogenated alkanes) is 4. The predicted octanol–water partition coefficient (Wildman–Crippen LogP) is 3.82. The lowest BCUT2D eigenvalue weighted by Gasteiger charge is -2.24. The molecule has 0 aliphatic rings. The number of rotatable bonds is 11. The first kappa shape index (κ1) is 17.4. The molecule has 3 nitrogen and oxygen atoms in total. The summed E-state index contributed by atoms with van der Waals surface area (Å²) in [5, 5.41) is 12.5. The Morgan fingerprint density at radius 3 is 2.22 bits per heavy atom. The third-order valence-electron chi connectivity index (χ3n) is 3.68. The maximum Gasteiger partial charge on any atom is 0.320 e. The summed E-state index contributed by atoms with van der Waals surface area (Å²) in [5.41, 5.74) is 0. The van der Waals surface area contributed by atoms with E-state index < -0.39 is 12.0 Å². The van der Waals surface area contributed by atoms with Crippen LogP contribution in [0.25, 0.3) is 0 Å². The SMILES string of the molecule is CCCCCCCC(C)NC(C(=O)O)C(C)CC. The highest BCUT2D eigenvalue weighted by molar-refractivity contribution is 5.73. The second-order valence-electron chi connectivity index (χ2n) is 5.47. The van der Waals surface area contributed by atoms with Crippen LogP contribution in [0.5, 0.6) is 0 Å². The van der Waals surface area contributed by atoms with Gasteiger partial charge in [-0.15, -0.1) is 0 Å². The molecule has 3 heteroatoms. The van der Waals surface area contributed by atoms with Crippen molar-refractivity contribution in [2.24, 2.45) is 5.92 Å². The Hall–Kier alpha value is -0.570. The number of hydrogen-bond donors (Lipinski definition) is 2. The van der Waals surface area contributed by atoms with Crippen LogP contribution in [0.3, 0.4) is 0 Å². The molecule has 3 unspecified atom stereocenters. The molecule has 0 amide bonds. The molecular weight excluding hydrogens is 226 g/mol. The summed E-state index contributed by atoms with van der Waals surface area (Å²) in [4.78, 5) is 11.2. The van der Waals surface area contributed by atoms with Crippen LogP contribution in [0, 0.1) is 5.92 Å². The predicted molar refractivity (Wildman–Crippen MR) is 76.9 cm³/mol. The minimum absolute atomic E-state index is 0.185. The van der Waals surface area contributed by atoms with Gasteiger partial charge in [-0.1, -0.05) is 59.3 Å². The van der Waals surface area contributed by atoms with Crippen LogP contribution in [0.4, 0.5) is 0 Å². The number of hydrogen-bond acceptors (Lipinski definition) is 2. The molecule has 0 heterocycles. The minimum atomic E-state index is -0.720. The molecular formula is C15H31NO2. The van der Waals surface area contributed by atoms with Gasteiger partial charge < -0.3 is 10.4 Å². The summed E-state index contributed by atoms with van der Waals surface area (Å²) in [6, 6.07) is -0.109. The second-order valence-corrected chi connectivity index (χ2v) is 5.47. The lowest BCUT2D eigenvalue weighted by Crippen LogP contribution is -2.46. The molecule has 0 aliphatic carbocycles. The molecule has 0 bridgehead atoms. The summed E-state index contributed by atoms with van der Waals surface area (Å²) < 4.78 is 0. The molecule has 3 atom stereocenters. The molecule has 0 aromatic carbocycles. The summed E-state index contributed by atoms with van der Waals surface area (Å²) in [6.07, 6.45) is 8.31. The number of carbonyl (C=O) groups is 1. The van der Waals surface area contributed by atoms with E-state index in [0.717, 1.165) is 12.8 Å². The van der Waals surface area contributed by atoms with Crippen molar-refractivity contribution >= 4 is 5.97 Å². The van der Waals surface area contributed by atoms with E-state index in [0.29, 0.717) is 6.04 Å². The van der Waals surface area contributed by atoms with Gasteiger partial charge in [0.05, 0.1) is 0 Å². The van der Waals surface area contributed by atoms with Crippen molar-refractivity contribution in [3.63, 3.8) is 0 Å². The Morgan fingerprint density at radius 2 is 1.72 bits per heavy atom. The highest BCUT2D eigenvalue weighted by atomic mass is 16.4. The van der Waals surface area contributed by atoms with Gasteiger partial charge in [0, 0.05) is 6.04 Å². The van der Waals surface area contributed by atoms with Crippen molar-refractivity contribution in [1.29, 1.82) is 0 Å². The lowest BCUT2D eigenvalue weighted by molar-refractivity contribution is -0.141. The van der Waals surface area contributed by atoms with Gasteiger partial charge in [-0.3, -0.25) is 4.79 Å². The molecule has 2 N–H and O–H groups in total. The molecule has 0 radical (unpaired) electrons. The van der Waals surface area contributed by atoms with Crippen LogP contribution in [0.2, 0.25) is 0 Å². The monoisotopic (exact) mass is 257 g/mol. The molecule has 108 valence electrons. The highest BCUT2D eigenvalue weighted by Crippen LogP contribution is 2.12. The Labute approximate surface area is 112 Å². The molecule has 0 fully saturated rings. The quantitative estimate of drug-likeness (QED) is 0.553. The first-order chi connectivity index (χ1) is 8.52. The number of nitrogens with one attached hydrogen (secondary N) is 1. The van der Waals surface area contributed by atoms with E-state index in [2.05, 4.69) is 19.2 Å². The maximum absolute atomic E-state index is 11.2. The summed E-state index contributed by atoms with van der Waals surface area (Å²) in [5.74, 6) is -0.535. The van der Waals surface area contributed by atoms with Gasteiger partial charge in [0.1, 0.15) is 6.04 Å². The van der Waals surface area contributed by atoms with Crippen LogP contribution >= 0.6 is 0 Å². The Kier molecular flexibility index (Phi) is 10.0. The molecule has 0 aromatic rings. The number of aliphatic carboxylic acids is 1. The van der Waals surface area contributed by atoms with Crippen molar-refractivity contribution in [2.45, 2.75) is 84.7 Å². The maximum atomic E-state index is 11.2. The average molecular weight is 257 g/mol. The smallest absolute Gasteiger partial charge is 0.320 e. The van der Waals surface area contributed by atoms with Crippen molar-refractivity contribution in [3.05, 3.63) is 0 Å². The first-order valence-corrected chi connectivity index (χ1v) is 7.51. The van der Waals surface area contributed by atoms with Gasteiger partial charge in [-0.05, 0) is 19.3 Å². The fourth-order valence-corrected chi connectivity index (χ4v) is 2.16. The molecule has 0 spiro atoms. The van der Waals surface area contributed by atoms with Crippen LogP contribution < -0.4 is 5.32 Å². The van der Waals surface area contributed by atoms with Crippen LogP contribution in [0.15, 0.2) is 0 Å². The average Bonchev–Trinajstić information content (AvgIpc) is 2.34. The van der Waals surface area contributed by atoms with E-state index in [1.54, 1.807) is 0 Å². The van der Waals surface area contributed by atoms with E-state index in [1.807, 2.05) is 13.8 Å². The number of carboxylic acid groups (broad SMARTS) is 1. The summed E-state index contributed by atoms with van der Waals surface area (Å²) >= 11 is 0. The molecule has 0 rings (SSSR count). The molecule has 0 aromatic heterocycles. The van der Waals surface area contributed by atoms with Crippen molar-refractivity contribution < 1.29 is 9.90 Å². The fraction of sp³-hybridized carbons (Fsp3) is 0.933. The van der Waals surface area contributed by atoms with Gasteiger partial charge in [0.2, 0.25) is 0 Å². The van der Waals surface area contributed by atoms with Crippen LogP contribution in [0.1, 0.15) is 72.6 Å². The van der Waals surface area contributed by atoms with Gasteiger partial charge in [0.25, 0.3) is 0 Å². The first-order valence-electron chi connectivity index (χ1n) is 7.51. The van der Waals surface area contributed by atoms with Crippen LogP contribution in [-0.2, 0) is 4.79 Å². The van der Waals surface area contributed by atoms with Crippen molar-refractivity contribution in [3.8, 4) is 0 Å². The Morgan fingerprint density at radius 1 is 1.11 bits per heavy atom. The standard InChI is InChI=1S/C15H31NO2/c1-5-7-8-9-10-11-13(4)16-14(15(17)18)12(3)6-2/h12-14,16H,5-11H2,1-4H3,(H,17,18). The van der Waals surface area contributed by atoms with E-state index in [4.69, 9.17) is 0 Å². The summed E-state index contributed by atoms with van der Waals surface area (Å²) in [7, 11) is 0. The zero-order valence-electron chi connectivity index (χ0n) is 12.5. The lowest BCUT2D eigenvalue weighted by atomic mass is 9.97. The van der Waals surface area contributed by atoms with E-state index in [9.17, 15) is 9.90 Å². The third-order valence-corrected chi connectivity index (χ3v) is 3.68. The topological polar surface area (TPSA) is 49.3 Å². The summed E-state index contributed by atoms with van der Waals surface area (Å²) in [6.45, 7) is 8.35. The molecule has 0 saturated carbocycles. The normalized spacial score (nSPS) is 16.2. The van der Waals surface area contributed by atoms with Crippen molar-refractivity contribution in [2.75, 3.05) is 0 Å². The third kappa shape index (κ3) is 7.70. The van der Waals surface area contributed by atoms with Gasteiger partial charge in [-0.2, -0.15) is 0 Å². The van der Waals surface area contributed by atoms with E-state index in [-0.39, 0.29) is 5.92 Å². The number of carboxylic acids is 1. The highest BCUT2D eigenvalue weighted by Gasteiger charge is 2.24. The van der Waals surface area contributed by atoms with Crippen molar-refractivity contribution in [1.82, 2.24) is 5.32 Å². The second kappa shape index (κ2) is 10.4. The molecule has 0 aliphatic heterocycles. The van der Waals surface area contributed by atoms with Gasteiger partial charge in [-0.25, -0.2) is 0 Å². The Balaban J connectivity index is 3.88. The van der Waals surface area contributed by atoms with Gasteiger partial charge in [0.15, 0.2) is 0 Å². The van der Waals surface area contributed by atoms with Crippen LogP contribution in [-0.4, -0.2) is 23.2 Å². The zero-order chi connectivity index (χ0) is 14.0. The zero-order valence-corrected chi connectivity index (χ0v) is 12.5. The van der Waals surface area contributed by atoms with E-state index in [1.165, 1.54) is 32.1 Å². The molecule has 0 saturated heterocycles.